The fourth-order valence-electron chi connectivity index (χ4n) is 3.08. The van der Waals surface area contributed by atoms with Gasteiger partial charge in [0.2, 0.25) is 0 Å². The van der Waals surface area contributed by atoms with Gasteiger partial charge in [0.15, 0.2) is 6.23 Å². The standard InChI is InChI=1S/C20H19FN2O/c1-15-2-6-18(7-3-15)22-11-10-16(14-22)20-23(12-13-24-20)19-8-4-17(21)5-9-19/h2-11,14,20H,12-13H2,1H3/t20-/m1/s1. The maximum atomic E-state index is 13.2. The van der Waals surface area contributed by atoms with E-state index in [0.29, 0.717) is 6.61 Å². The first-order valence-electron chi connectivity index (χ1n) is 8.09. The van der Waals surface area contributed by atoms with E-state index in [-0.39, 0.29) is 12.0 Å². The summed E-state index contributed by atoms with van der Waals surface area (Å²) < 4.78 is 21.2. The second kappa shape index (κ2) is 6.13. The molecule has 4 heteroatoms. The third kappa shape index (κ3) is 2.81. The van der Waals surface area contributed by atoms with Crippen LogP contribution in [0.1, 0.15) is 17.4 Å². The first-order chi connectivity index (χ1) is 11.7. The number of hydrogen-bond acceptors (Lipinski definition) is 2. The first kappa shape index (κ1) is 15.0. The summed E-state index contributed by atoms with van der Waals surface area (Å²) in [5.74, 6) is -0.221. The summed E-state index contributed by atoms with van der Waals surface area (Å²) in [6, 6.07) is 17.1. The van der Waals surface area contributed by atoms with Crippen LogP contribution in [0.4, 0.5) is 10.1 Å². The van der Waals surface area contributed by atoms with Crippen molar-refractivity contribution in [3.8, 4) is 5.69 Å². The van der Waals surface area contributed by atoms with Gasteiger partial charge in [-0.15, -0.1) is 0 Å². The monoisotopic (exact) mass is 322 g/mol. The molecule has 0 aliphatic carbocycles. The van der Waals surface area contributed by atoms with Crippen molar-refractivity contribution >= 4 is 5.69 Å². The lowest BCUT2D eigenvalue weighted by Gasteiger charge is -2.24. The van der Waals surface area contributed by atoms with E-state index in [1.807, 2.05) is 6.20 Å². The molecule has 1 atom stereocenters. The predicted octanol–water partition coefficient (Wildman–Crippen LogP) is 4.46. The Hall–Kier alpha value is -2.59. The van der Waals surface area contributed by atoms with Gasteiger partial charge in [-0.05, 0) is 49.4 Å². The molecule has 122 valence electrons. The second-order valence-corrected chi connectivity index (χ2v) is 6.08. The SMILES string of the molecule is Cc1ccc(-n2ccc([C@H]3OCCN3c3ccc(F)cc3)c2)cc1. The third-order valence-corrected chi connectivity index (χ3v) is 4.38. The highest BCUT2D eigenvalue weighted by atomic mass is 19.1. The molecule has 3 aromatic rings. The molecule has 0 N–H and O–H groups in total. The number of nitrogens with zero attached hydrogens (tertiary/aromatic N) is 2. The summed E-state index contributed by atoms with van der Waals surface area (Å²) in [7, 11) is 0. The second-order valence-electron chi connectivity index (χ2n) is 6.08. The number of hydrogen-bond donors (Lipinski definition) is 0. The van der Waals surface area contributed by atoms with E-state index >= 15 is 0 Å². The molecule has 1 saturated heterocycles. The summed E-state index contributed by atoms with van der Waals surface area (Å²) >= 11 is 0. The van der Waals surface area contributed by atoms with Crippen molar-refractivity contribution in [1.29, 1.82) is 0 Å². The van der Waals surface area contributed by atoms with Crippen molar-refractivity contribution in [3.63, 3.8) is 0 Å². The number of aromatic nitrogens is 1. The maximum Gasteiger partial charge on any atom is 0.158 e. The molecule has 1 aliphatic rings. The number of ether oxygens (including phenoxy) is 1. The smallest absolute Gasteiger partial charge is 0.158 e. The van der Waals surface area contributed by atoms with Gasteiger partial charge in [-0.3, -0.25) is 0 Å². The molecule has 0 spiro atoms. The quantitative estimate of drug-likeness (QED) is 0.708. The summed E-state index contributed by atoms with van der Waals surface area (Å²) in [6.45, 7) is 3.54. The minimum atomic E-state index is -0.221. The fraction of sp³-hybridized carbons (Fsp3) is 0.200. The van der Waals surface area contributed by atoms with Crippen LogP contribution in [0.25, 0.3) is 5.69 Å². The van der Waals surface area contributed by atoms with Crippen molar-refractivity contribution in [2.45, 2.75) is 13.2 Å². The topological polar surface area (TPSA) is 17.4 Å². The van der Waals surface area contributed by atoms with Crippen LogP contribution in [0.2, 0.25) is 0 Å². The van der Waals surface area contributed by atoms with Crippen molar-refractivity contribution in [2.75, 3.05) is 18.1 Å². The van der Waals surface area contributed by atoms with Crippen molar-refractivity contribution in [3.05, 3.63) is 83.9 Å². The highest BCUT2D eigenvalue weighted by Gasteiger charge is 2.27. The van der Waals surface area contributed by atoms with Crippen LogP contribution in [-0.2, 0) is 4.74 Å². The van der Waals surface area contributed by atoms with Crippen LogP contribution >= 0.6 is 0 Å². The molecular weight excluding hydrogens is 303 g/mol. The molecule has 24 heavy (non-hydrogen) atoms. The Morgan fingerprint density at radius 2 is 1.67 bits per heavy atom. The zero-order chi connectivity index (χ0) is 16.5. The fourth-order valence-corrected chi connectivity index (χ4v) is 3.08. The molecule has 0 unspecified atom stereocenters. The number of anilines is 1. The van der Waals surface area contributed by atoms with E-state index in [2.05, 4.69) is 52.9 Å². The van der Waals surface area contributed by atoms with Crippen molar-refractivity contribution in [1.82, 2.24) is 4.57 Å². The Labute approximate surface area is 140 Å². The van der Waals surface area contributed by atoms with Crippen LogP contribution < -0.4 is 4.90 Å². The van der Waals surface area contributed by atoms with E-state index in [4.69, 9.17) is 4.74 Å². The number of rotatable bonds is 3. The van der Waals surface area contributed by atoms with E-state index in [1.165, 1.54) is 17.7 Å². The maximum absolute atomic E-state index is 13.2. The first-order valence-corrected chi connectivity index (χ1v) is 8.09. The summed E-state index contributed by atoms with van der Waals surface area (Å²) in [6.07, 6.45) is 4.00. The van der Waals surface area contributed by atoms with Gasteiger partial charge in [-0.2, -0.15) is 0 Å². The molecule has 0 saturated carbocycles. The van der Waals surface area contributed by atoms with E-state index in [0.717, 1.165) is 23.5 Å². The van der Waals surface area contributed by atoms with Gasteiger partial charge in [-0.25, -0.2) is 4.39 Å². The molecule has 3 nitrogen and oxygen atoms in total. The van der Waals surface area contributed by atoms with Crippen LogP contribution in [0.15, 0.2) is 67.0 Å². The highest BCUT2D eigenvalue weighted by molar-refractivity contribution is 5.49. The molecule has 0 amide bonds. The molecule has 0 bridgehead atoms. The Bertz CT molecular complexity index is 824. The lowest BCUT2D eigenvalue weighted by Crippen LogP contribution is -2.22. The van der Waals surface area contributed by atoms with Gasteiger partial charge in [0.05, 0.1) is 6.61 Å². The number of benzene rings is 2. The number of aryl methyl sites for hydroxylation is 1. The Morgan fingerprint density at radius 3 is 2.42 bits per heavy atom. The number of halogens is 1. The third-order valence-electron chi connectivity index (χ3n) is 4.38. The Morgan fingerprint density at radius 1 is 0.958 bits per heavy atom. The average Bonchev–Trinajstić information content (AvgIpc) is 3.25. The summed E-state index contributed by atoms with van der Waals surface area (Å²) in [4.78, 5) is 2.16. The van der Waals surface area contributed by atoms with Crippen LogP contribution in [0.5, 0.6) is 0 Å². The molecule has 2 heterocycles. The summed E-state index contributed by atoms with van der Waals surface area (Å²) in [5, 5.41) is 0. The highest BCUT2D eigenvalue weighted by Crippen LogP contribution is 2.32. The zero-order valence-corrected chi connectivity index (χ0v) is 13.5. The van der Waals surface area contributed by atoms with Gasteiger partial charge in [0, 0.05) is 35.9 Å². The normalized spacial score (nSPS) is 17.4. The lowest BCUT2D eigenvalue weighted by atomic mass is 10.2. The molecule has 1 aromatic heterocycles. The average molecular weight is 322 g/mol. The molecule has 1 fully saturated rings. The van der Waals surface area contributed by atoms with Crippen LogP contribution in [-0.4, -0.2) is 17.7 Å². The zero-order valence-electron chi connectivity index (χ0n) is 13.5. The lowest BCUT2D eigenvalue weighted by molar-refractivity contribution is 0.114. The minimum absolute atomic E-state index is 0.137. The van der Waals surface area contributed by atoms with Gasteiger partial charge in [0.1, 0.15) is 5.82 Å². The molecular formula is C20H19FN2O. The molecule has 1 aliphatic heterocycles. The van der Waals surface area contributed by atoms with Gasteiger partial charge in [0.25, 0.3) is 0 Å². The van der Waals surface area contributed by atoms with Crippen LogP contribution in [0.3, 0.4) is 0 Å². The van der Waals surface area contributed by atoms with Gasteiger partial charge in [-0.1, -0.05) is 17.7 Å². The molecule has 0 radical (unpaired) electrons. The Kier molecular flexibility index (Phi) is 3.82. The van der Waals surface area contributed by atoms with Gasteiger partial charge >= 0.3 is 0 Å². The molecule has 4 rings (SSSR count). The predicted molar refractivity (Wildman–Crippen MR) is 92.9 cm³/mol. The van der Waals surface area contributed by atoms with Crippen molar-refractivity contribution in [2.24, 2.45) is 0 Å². The van der Waals surface area contributed by atoms with E-state index < -0.39 is 0 Å². The minimum Gasteiger partial charge on any atom is -0.352 e. The largest absolute Gasteiger partial charge is 0.352 e. The summed E-state index contributed by atoms with van der Waals surface area (Å²) in [5.41, 5.74) is 4.44. The molecule has 2 aromatic carbocycles. The van der Waals surface area contributed by atoms with Gasteiger partial charge < -0.3 is 14.2 Å². The van der Waals surface area contributed by atoms with E-state index in [1.54, 1.807) is 12.1 Å². The van der Waals surface area contributed by atoms with E-state index in [9.17, 15) is 4.39 Å². The van der Waals surface area contributed by atoms with Crippen molar-refractivity contribution < 1.29 is 9.13 Å². The van der Waals surface area contributed by atoms with Crippen LogP contribution in [0, 0.1) is 12.7 Å². The Balaban J connectivity index is 1.61.